The number of para-hydroxylation sites is 1. The summed E-state index contributed by atoms with van der Waals surface area (Å²) in [4.78, 5) is 11.7. The highest BCUT2D eigenvalue weighted by atomic mass is 32.2. The van der Waals surface area contributed by atoms with Gasteiger partial charge in [-0.25, -0.2) is 17.5 Å². The fourth-order valence-corrected chi connectivity index (χ4v) is 3.14. The molecule has 2 aromatic rings. The Bertz CT molecular complexity index is 779. The Morgan fingerprint density at radius 2 is 1.67 bits per heavy atom. The number of anilines is 1. The number of halogens is 1. The predicted molar refractivity (Wildman–Crippen MR) is 91.6 cm³/mol. The Balaban J connectivity index is 1.75. The van der Waals surface area contributed by atoms with Crippen molar-refractivity contribution in [2.75, 3.05) is 17.6 Å². The van der Waals surface area contributed by atoms with Crippen LogP contribution in [0.5, 0.6) is 0 Å². The van der Waals surface area contributed by atoms with Gasteiger partial charge in [0.15, 0.2) is 0 Å². The summed E-state index contributed by atoms with van der Waals surface area (Å²) in [6.07, 6.45) is 1.09. The van der Waals surface area contributed by atoms with E-state index in [4.69, 9.17) is 0 Å². The third kappa shape index (κ3) is 6.10. The van der Waals surface area contributed by atoms with E-state index in [0.717, 1.165) is 5.56 Å². The van der Waals surface area contributed by atoms with Gasteiger partial charge in [-0.2, -0.15) is 0 Å². The molecular weight excluding hydrogens is 331 g/mol. The molecule has 0 heterocycles. The Morgan fingerprint density at radius 1 is 1.00 bits per heavy atom. The molecule has 0 spiro atoms. The zero-order chi connectivity index (χ0) is 17.4. The molecule has 2 N–H and O–H groups in total. The molecule has 0 aliphatic rings. The number of sulfonamides is 1. The highest BCUT2D eigenvalue weighted by Gasteiger charge is 2.13. The maximum Gasteiger partial charge on any atom is 0.239 e. The largest absolute Gasteiger partial charge is 0.322 e. The lowest BCUT2D eigenvalue weighted by atomic mass is 10.1. The second-order valence-corrected chi connectivity index (χ2v) is 7.18. The first-order chi connectivity index (χ1) is 11.5. The van der Waals surface area contributed by atoms with Crippen LogP contribution in [0.1, 0.15) is 12.0 Å². The highest BCUT2D eigenvalue weighted by molar-refractivity contribution is 7.89. The van der Waals surface area contributed by atoms with Crippen LogP contribution < -0.4 is 10.0 Å². The summed E-state index contributed by atoms with van der Waals surface area (Å²) in [5.74, 6) is -1.27. The van der Waals surface area contributed by atoms with Gasteiger partial charge in [0.1, 0.15) is 5.82 Å². The minimum Gasteiger partial charge on any atom is -0.322 e. The number of rotatable bonds is 8. The highest BCUT2D eigenvalue weighted by Crippen LogP contribution is 2.11. The van der Waals surface area contributed by atoms with Crippen molar-refractivity contribution in [3.8, 4) is 0 Å². The summed E-state index contributed by atoms with van der Waals surface area (Å²) >= 11 is 0. The third-order valence-corrected chi connectivity index (χ3v) is 4.73. The summed E-state index contributed by atoms with van der Waals surface area (Å²) in [7, 11) is -3.55. The average molecular weight is 350 g/mol. The van der Waals surface area contributed by atoms with Gasteiger partial charge in [0.2, 0.25) is 15.9 Å². The number of carbonyl (C=O) groups excluding carboxylic acids is 1. The number of aryl methyl sites for hydroxylation is 1. The van der Waals surface area contributed by atoms with Crippen molar-refractivity contribution in [1.29, 1.82) is 0 Å². The molecule has 2 rings (SSSR count). The quantitative estimate of drug-likeness (QED) is 0.767. The number of benzene rings is 2. The fourth-order valence-electron chi connectivity index (χ4n) is 2.12. The zero-order valence-electron chi connectivity index (χ0n) is 13.0. The molecule has 0 fully saturated rings. The van der Waals surface area contributed by atoms with Crippen LogP contribution in [0.3, 0.4) is 0 Å². The lowest BCUT2D eigenvalue weighted by Crippen LogP contribution is -2.34. The summed E-state index contributed by atoms with van der Waals surface area (Å²) in [5, 5.41) is 2.32. The van der Waals surface area contributed by atoms with E-state index in [1.54, 1.807) is 6.07 Å². The number of carbonyl (C=O) groups is 1. The van der Waals surface area contributed by atoms with Crippen molar-refractivity contribution in [2.24, 2.45) is 0 Å². The molecule has 5 nitrogen and oxygen atoms in total. The van der Waals surface area contributed by atoms with E-state index in [2.05, 4.69) is 10.0 Å². The van der Waals surface area contributed by atoms with Gasteiger partial charge in [-0.05, 0) is 30.5 Å². The minimum atomic E-state index is -3.55. The third-order valence-electron chi connectivity index (χ3n) is 3.32. The molecule has 0 aliphatic carbocycles. The van der Waals surface area contributed by atoms with Crippen LogP contribution in [0.25, 0.3) is 0 Å². The topological polar surface area (TPSA) is 75.3 Å². The lowest BCUT2D eigenvalue weighted by molar-refractivity contribution is -0.115. The van der Waals surface area contributed by atoms with Gasteiger partial charge in [-0.1, -0.05) is 42.5 Å². The van der Waals surface area contributed by atoms with E-state index in [9.17, 15) is 17.6 Å². The van der Waals surface area contributed by atoms with Crippen molar-refractivity contribution in [1.82, 2.24) is 4.72 Å². The Morgan fingerprint density at radius 3 is 2.38 bits per heavy atom. The average Bonchev–Trinajstić information content (AvgIpc) is 2.56. The fraction of sp³-hybridized carbons (Fsp3) is 0.235. The van der Waals surface area contributed by atoms with Gasteiger partial charge in [0.05, 0.1) is 18.0 Å². The SMILES string of the molecule is O=C(CNS(=O)(=O)CCCc1ccccc1)Nc1ccccc1F. The molecule has 0 bridgehead atoms. The van der Waals surface area contributed by atoms with Crippen LogP contribution in [0, 0.1) is 5.82 Å². The normalized spacial score (nSPS) is 11.2. The van der Waals surface area contributed by atoms with Crippen molar-refractivity contribution < 1.29 is 17.6 Å². The molecule has 7 heteroatoms. The first-order valence-corrected chi connectivity index (χ1v) is 9.17. The van der Waals surface area contributed by atoms with Gasteiger partial charge < -0.3 is 5.32 Å². The van der Waals surface area contributed by atoms with Crippen LogP contribution in [0.15, 0.2) is 54.6 Å². The van der Waals surface area contributed by atoms with Crippen LogP contribution in [-0.4, -0.2) is 26.6 Å². The van der Waals surface area contributed by atoms with E-state index < -0.39 is 28.3 Å². The first kappa shape index (κ1) is 18.1. The van der Waals surface area contributed by atoms with Crippen molar-refractivity contribution in [3.63, 3.8) is 0 Å². The first-order valence-electron chi connectivity index (χ1n) is 7.52. The van der Waals surface area contributed by atoms with Gasteiger partial charge in [0, 0.05) is 0 Å². The van der Waals surface area contributed by atoms with Gasteiger partial charge in [-0.3, -0.25) is 4.79 Å². The van der Waals surface area contributed by atoms with Gasteiger partial charge in [-0.15, -0.1) is 0 Å². The van der Waals surface area contributed by atoms with Crippen LogP contribution in [0.4, 0.5) is 10.1 Å². The van der Waals surface area contributed by atoms with Crippen LogP contribution in [-0.2, 0) is 21.2 Å². The second-order valence-electron chi connectivity index (χ2n) is 5.26. The van der Waals surface area contributed by atoms with Crippen molar-refractivity contribution in [3.05, 3.63) is 66.0 Å². The maximum atomic E-state index is 13.4. The second kappa shape index (κ2) is 8.56. The van der Waals surface area contributed by atoms with Crippen molar-refractivity contribution >= 4 is 21.6 Å². The molecule has 0 saturated carbocycles. The molecule has 0 aliphatic heterocycles. The van der Waals surface area contributed by atoms with E-state index in [1.807, 2.05) is 30.3 Å². The van der Waals surface area contributed by atoms with E-state index in [1.165, 1.54) is 18.2 Å². The molecule has 2 aromatic carbocycles. The molecule has 128 valence electrons. The number of nitrogens with one attached hydrogen (secondary N) is 2. The Labute approximate surface area is 141 Å². The standard InChI is InChI=1S/C17H19FN2O3S/c18-15-10-4-5-11-16(15)20-17(21)13-19-24(22,23)12-6-9-14-7-2-1-3-8-14/h1-5,7-8,10-11,19H,6,9,12-13H2,(H,20,21). The Hall–Kier alpha value is -2.25. The Kier molecular flexibility index (Phi) is 6.45. The summed E-state index contributed by atoms with van der Waals surface area (Å²) in [5.41, 5.74) is 1.08. The smallest absolute Gasteiger partial charge is 0.239 e. The number of hydrogen-bond donors (Lipinski definition) is 2. The summed E-state index contributed by atoms with van der Waals surface area (Å²) in [6, 6.07) is 15.3. The van der Waals surface area contributed by atoms with Crippen LogP contribution >= 0.6 is 0 Å². The van der Waals surface area contributed by atoms with E-state index in [0.29, 0.717) is 12.8 Å². The molecular formula is C17H19FN2O3S. The lowest BCUT2D eigenvalue weighted by Gasteiger charge is -2.08. The molecule has 24 heavy (non-hydrogen) atoms. The molecule has 0 radical (unpaired) electrons. The summed E-state index contributed by atoms with van der Waals surface area (Å²) < 4.78 is 39.4. The number of amides is 1. The van der Waals surface area contributed by atoms with Gasteiger partial charge in [0.25, 0.3) is 0 Å². The predicted octanol–water partition coefficient (Wildman–Crippen LogP) is 2.32. The van der Waals surface area contributed by atoms with Crippen molar-refractivity contribution in [2.45, 2.75) is 12.8 Å². The van der Waals surface area contributed by atoms with Gasteiger partial charge >= 0.3 is 0 Å². The van der Waals surface area contributed by atoms with E-state index in [-0.39, 0.29) is 11.4 Å². The summed E-state index contributed by atoms with van der Waals surface area (Å²) in [6.45, 7) is -0.429. The molecule has 0 aromatic heterocycles. The maximum absolute atomic E-state index is 13.4. The molecule has 1 amide bonds. The van der Waals surface area contributed by atoms with E-state index >= 15 is 0 Å². The monoisotopic (exact) mass is 350 g/mol. The minimum absolute atomic E-state index is 0.0192. The molecule has 0 unspecified atom stereocenters. The number of hydrogen-bond acceptors (Lipinski definition) is 3. The van der Waals surface area contributed by atoms with Crippen LogP contribution in [0.2, 0.25) is 0 Å². The molecule has 0 saturated heterocycles. The zero-order valence-corrected chi connectivity index (χ0v) is 13.9. The molecule has 0 atom stereocenters.